The molecule has 1 amide bonds. The molecule has 174 valence electrons. The van der Waals surface area contributed by atoms with Crippen molar-refractivity contribution in [2.45, 2.75) is 6.42 Å². The Morgan fingerprint density at radius 2 is 1.74 bits per heavy atom. The number of halogens is 1. The van der Waals surface area contributed by atoms with Crippen LogP contribution in [-0.2, 0) is 11.2 Å². The molecule has 0 unspecified atom stereocenters. The van der Waals surface area contributed by atoms with Crippen molar-refractivity contribution in [1.82, 2.24) is 9.88 Å². The maximum atomic E-state index is 13.1. The van der Waals surface area contributed by atoms with Crippen LogP contribution in [0.15, 0.2) is 71.1 Å². The monoisotopic (exact) mass is 466 g/mol. The number of amides is 1. The molecule has 6 nitrogen and oxygen atoms in total. The molecule has 0 aliphatic carbocycles. The van der Waals surface area contributed by atoms with E-state index in [4.69, 9.17) is 4.42 Å². The van der Waals surface area contributed by atoms with Crippen LogP contribution in [0.4, 0.5) is 10.3 Å². The molecule has 5 rings (SSSR count). The summed E-state index contributed by atoms with van der Waals surface area (Å²) in [5.41, 5.74) is 2.03. The number of carbonyl (C=O) groups excluding carboxylic acids is 1. The number of nitrogens with zero attached hydrogens (tertiary/aromatic N) is 4. The van der Waals surface area contributed by atoms with Gasteiger partial charge in [0.2, 0.25) is 23.4 Å². The highest BCUT2D eigenvalue weighted by Crippen LogP contribution is 2.25. The Morgan fingerprint density at radius 3 is 2.51 bits per heavy atom. The fraction of sp³-hybridized carbons (Fsp3) is 0.179. The highest BCUT2D eigenvalue weighted by molar-refractivity contribution is 5.90. The Labute approximate surface area is 202 Å². The summed E-state index contributed by atoms with van der Waals surface area (Å²) < 4.78 is 18.9. The third-order valence-corrected chi connectivity index (χ3v) is 6.16. The quantitative estimate of drug-likeness (QED) is 0.418. The number of aromatic nitrogens is 1. The number of nitriles is 1. The zero-order chi connectivity index (χ0) is 24.2. The van der Waals surface area contributed by atoms with Crippen molar-refractivity contribution in [3.63, 3.8) is 0 Å². The number of carbonyl (C=O) groups is 1. The molecular formula is C28H23FN4O2. The smallest absolute Gasteiger partial charge is 0.235 e. The molecule has 7 heteroatoms. The van der Waals surface area contributed by atoms with Crippen molar-refractivity contribution < 1.29 is 13.6 Å². The SMILES string of the molecule is N#Cc1nc(/C=C/c2ccc(F)cc2)oc1N1CCN(C(=O)Cc2cccc3ccccc23)CC1. The Morgan fingerprint density at radius 1 is 1.00 bits per heavy atom. The zero-order valence-electron chi connectivity index (χ0n) is 19.0. The topological polar surface area (TPSA) is 73.4 Å². The number of benzene rings is 3. The lowest BCUT2D eigenvalue weighted by Crippen LogP contribution is -2.49. The average molecular weight is 467 g/mol. The van der Waals surface area contributed by atoms with Gasteiger partial charge in [-0.1, -0.05) is 54.6 Å². The van der Waals surface area contributed by atoms with Crippen molar-refractivity contribution in [2.75, 3.05) is 31.1 Å². The first kappa shape index (κ1) is 22.4. The lowest BCUT2D eigenvalue weighted by molar-refractivity contribution is -0.130. The second-order valence-corrected chi connectivity index (χ2v) is 8.39. The number of hydrogen-bond donors (Lipinski definition) is 0. The van der Waals surface area contributed by atoms with Crippen LogP contribution in [0.5, 0.6) is 0 Å². The van der Waals surface area contributed by atoms with Gasteiger partial charge >= 0.3 is 0 Å². The largest absolute Gasteiger partial charge is 0.420 e. The molecule has 1 fully saturated rings. The van der Waals surface area contributed by atoms with E-state index in [1.165, 1.54) is 12.1 Å². The first-order chi connectivity index (χ1) is 17.1. The van der Waals surface area contributed by atoms with Gasteiger partial charge in [-0.3, -0.25) is 4.79 Å². The summed E-state index contributed by atoms with van der Waals surface area (Å²) in [4.78, 5) is 21.1. The van der Waals surface area contributed by atoms with Crippen LogP contribution < -0.4 is 4.90 Å². The standard InChI is InChI=1S/C28H23FN4O2/c29-23-11-8-20(9-12-23)10-13-26-31-25(19-30)28(35-26)33-16-14-32(15-17-33)27(34)18-22-6-3-5-21-4-1-2-7-24(21)22/h1-13H,14-18H2/b13-10+. The molecule has 0 radical (unpaired) electrons. The molecule has 0 spiro atoms. The number of rotatable bonds is 5. The number of piperazine rings is 1. The van der Waals surface area contributed by atoms with E-state index in [9.17, 15) is 14.4 Å². The van der Waals surface area contributed by atoms with E-state index in [1.807, 2.05) is 40.1 Å². The Bertz CT molecular complexity index is 1420. The van der Waals surface area contributed by atoms with E-state index < -0.39 is 0 Å². The van der Waals surface area contributed by atoms with Gasteiger partial charge in [0, 0.05) is 32.3 Å². The molecule has 0 bridgehead atoms. The van der Waals surface area contributed by atoms with Crippen LogP contribution in [0, 0.1) is 17.1 Å². The van der Waals surface area contributed by atoms with Gasteiger partial charge in [-0.05, 0) is 40.1 Å². The third-order valence-electron chi connectivity index (χ3n) is 6.16. The van der Waals surface area contributed by atoms with Crippen LogP contribution >= 0.6 is 0 Å². The predicted octanol–water partition coefficient (Wildman–Crippen LogP) is 4.90. The Balaban J connectivity index is 1.24. The van der Waals surface area contributed by atoms with E-state index in [-0.39, 0.29) is 17.4 Å². The van der Waals surface area contributed by atoms with Gasteiger partial charge in [0.05, 0.1) is 6.42 Å². The predicted molar refractivity (Wildman–Crippen MR) is 133 cm³/mol. The molecule has 4 aromatic rings. The van der Waals surface area contributed by atoms with Crippen molar-refractivity contribution in [3.8, 4) is 6.07 Å². The summed E-state index contributed by atoms with van der Waals surface area (Å²) in [5, 5.41) is 11.8. The molecule has 1 aromatic heterocycles. The van der Waals surface area contributed by atoms with Gasteiger partial charge in [-0.15, -0.1) is 0 Å². The van der Waals surface area contributed by atoms with E-state index in [1.54, 1.807) is 24.3 Å². The fourth-order valence-corrected chi connectivity index (χ4v) is 4.31. The average Bonchev–Trinajstić information content (AvgIpc) is 3.32. The van der Waals surface area contributed by atoms with Crippen LogP contribution in [-0.4, -0.2) is 42.0 Å². The summed E-state index contributed by atoms with van der Waals surface area (Å²) in [6.07, 6.45) is 3.76. The van der Waals surface area contributed by atoms with Gasteiger partial charge in [-0.25, -0.2) is 4.39 Å². The molecule has 35 heavy (non-hydrogen) atoms. The molecule has 1 aliphatic heterocycles. The van der Waals surface area contributed by atoms with E-state index in [0.29, 0.717) is 44.4 Å². The molecule has 0 N–H and O–H groups in total. The molecule has 1 aliphatic rings. The highest BCUT2D eigenvalue weighted by Gasteiger charge is 2.26. The van der Waals surface area contributed by atoms with Crippen molar-refractivity contribution in [1.29, 1.82) is 5.26 Å². The third kappa shape index (κ3) is 4.92. The van der Waals surface area contributed by atoms with Gasteiger partial charge in [0.15, 0.2) is 0 Å². The minimum Gasteiger partial charge on any atom is -0.420 e. The maximum Gasteiger partial charge on any atom is 0.235 e. The van der Waals surface area contributed by atoms with Crippen LogP contribution in [0.3, 0.4) is 0 Å². The van der Waals surface area contributed by atoms with Crippen LogP contribution in [0.25, 0.3) is 22.9 Å². The fourth-order valence-electron chi connectivity index (χ4n) is 4.31. The van der Waals surface area contributed by atoms with Gasteiger partial charge < -0.3 is 14.2 Å². The van der Waals surface area contributed by atoms with Crippen molar-refractivity contribution in [2.24, 2.45) is 0 Å². The minimum atomic E-state index is -0.304. The lowest BCUT2D eigenvalue weighted by atomic mass is 10.0. The summed E-state index contributed by atoms with van der Waals surface area (Å²) >= 11 is 0. The van der Waals surface area contributed by atoms with Crippen LogP contribution in [0.2, 0.25) is 0 Å². The number of anilines is 1. The van der Waals surface area contributed by atoms with E-state index in [2.05, 4.69) is 23.2 Å². The minimum absolute atomic E-state index is 0.0852. The molecule has 2 heterocycles. The first-order valence-corrected chi connectivity index (χ1v) is 11.4. The Hall–Kier alpha value is -4.44. The number of oxazole rings is 1. The summed E-state index contributed by atoms with van der Waals surface area (Å²) in [7, 11) is 0. The number of hydrogen-bond acceptors (Lipinski definition) is 5. The highest BCUT2D eigenvalue weighted by atomic mass is 19.1. The number of fused-ring (bicyclic) bond motifs is 1. The molecule has 1 saturated heterocycles. The second-order valence-electron chi connectivity index (χ2n) is 8.39. The van der Waals surface area contributed by atoms with Crippen molar-refractivity contribution >= 4 is 34.7 Å². The van der Waals surface area contributed by atoms with Crippen LogP contribution in [0.1, 0.15) is 22.7 Å². The van der Waals surface area contributed by atoms with Gasteiger partial charge in [0.25, 0.3) is 0 Å². The normalized spacial score (nSPS) is 13.9. The molecular weight excluding hydrogens is 443 g/mol. The second kappa shape index (κ2) is 9.82. The van der Waals surface area contributed by atoms with Gasteiger partial charge in [0.1, 0.15) is 11.9 Å². The molecule has 0 saturated carbocycles. The van der Waals surface area contributed by atoms with Gasteiger partial charge in [-0.2, -0.15) is 10.2 Å². The molecule has 0 atom stereocenters. The zero-order valence-corrected chi connectivity index (χ0v) is 19.0. The molecule has 3 aromatic carbocycles. The van der Waals surface area contributed by atoms with E-state index >= 15 is 0 Å². The summed E-state index contributed by atoms with van der Waals surface area (Å²) in [5.74, 6) is 0.492. The lowest BCUT2D eigenvalue weighted by Gasteiger charge is -2.34. The van der Waals surface area contributed by atoms with E-state index in [0.717, 1.165) is 21.9 Å². The summed E-state index contributed by atoms with van der Waals surface area (Å²) in [6.45, 7) is 2.17. The summed E-state index contributed by atoms with van der Waals surface area (Å²) in [6, 6.07) is 22.3. The van der Waals surface area contributed by atoms with Crippen molar-refractivity contribution in [3.05, 3.63) is 95.3 Å². The Kier molecular flexibility index (Phi) is 6.27. The maximum absolute atomic E-state index is 13.1. The first-order valence-electron chi connectivity index (χ1n) is 11.4.